The highest BCUT2D eigenvalue weighted by Crippen LogP contribution is 1.99. The van der Waals surface area contributed by atoms with Crippen LogP contribution in [0.15, 0.2) is 12.3 Å². The molecule has 0 aromatic rings. The first-order chi connectivity index (χ1) is 2.89. The zero-order chi connectivity index (χ0) is 4.41. The van der Waals surface area contributed by atoms with Gasteiger partial charge in [-0.05, 0) is 6.54 Å². The van der Waals surface area contributed by atoms with Crippen molar-refractivity contribution in [3.63, 3.8) is 0 Å². The highest BCUT2D eigenvalue weighted by Gasteiger charge is 1.93. The quantitative estimate of drug-likeness (QED) is 0.325. The predicted octanol–water partition coefficient (Wildman–Crippen LogP) is -0.353. The summed E-state index contributed by atoms with van der Waals surface area (Å²) in [5.74, 6) is 0. The lowest BCUT2D eigenvalue weighted by Crippen LogP contribution is -2.03. The molecule has 0 atom stereocenters. The van der Waals surface area contributed by atoms with Gasteiger partial charge in [-0.2, -0.15) is 6.08 Å². The zero-order valence-corrected chi connectivity index (χ0v) is 4.36. The van der Waals surface area contributed by atoms with Crippen LogP contribution in [0.4, 0.5) is 0 Å². The average molecular weight is 101 g/mol. The second-order valence-corrected chi connectivity index (χ2v) is 1.88. The van der Waals surface area contributed by atoms with E-state index in [2.05, 4.69) is 17.9 Å². The van der Waals surface area contributed by atoms with Crippen molar-refractivity contribution in [3.8, 4) is 0 Å². The zero-order valence-electron chi connectivity index (χ0n) is 3.36. The Morgan fingerprint density at radius 1 is 1.83 bits per heavy atom. The van der Waals surface area contributed by atoms with Gasteiger partial charge in [-0.3, -0.25) is 0 Å². The highest BCUT2D eigenvalue weighted by molar-refractivity contribution is 7.62. The summed E-state index contributed by atoms with van der Waals surface area (Å²) in [6.45, 7) is 0.955. The van der Waals surface area contributed by atoms with E-state index in [4.69, 9.17) is 0 Å². The molecule has 0 aliphatic carbocycles. The molecule has 34 valence electrons. The molecule has 0 bridgehead atoms. The maximum atomic E-state index is 3.35. The summed E-state index contributed by atoms with van der Waals surface area (Å²) in [7, 11) is 0. The van der Waals surface area contributed by atoms with Gasteiger partial charge in [0.05, 0.1) is 0 Å². The minimum absolute atomic E-state index is 0.955. The molecule has 0 fully saturated rings. The van der Waals surface area contributed by atoms with Crippen LogP contribution in [0.1, 0.15) is 0 Å². The summed E-state index contributed by atoms with van der Waals surface area (Å²) in [6.07, 6.45) is 3.92. The van der Waals surface area contributed by atoms with E-state index in [1.807, 2.05) is 12.3 Å². The first-order valence-electron chi connectivity index (χ1n) is 1.87. The first-order valence-corrected chi connectivity index (χ1v) is 2.37. The fourth-order valence-electron chi connectivity index (χ4n) is 0.387. The Hall–Kier alpha value is -0.240. The smallest absolute Gasteiger partial charge is 0.00425 e. The van der Waals surface area contributed by atoms with Gasteiger partial charge in [0, 0.05) is 5.25 Å². The van der Waals surface area contributed by atoms with Crippen LogP contribution < -0.4 is 5.32 Å². The van der Waals surface area contributed by atoms with E-state index < -0.39 is 0 Å². The minimum Gasteiger partial charge on any atom is -0.475 e. The third-order valence-corrected chi connectivity index (χ3v) is 1.04. The van der Waals surface area contributed by atoms with E-state index in [-0.39, 0.29) is 0 Å². The van der Waals surface area contributed by atoms with Crippen molar-refractivity contribution in [2.45, 2.75) is 0 Å². The van der Waals surface area contributed by atoms with E-state index in [0.717, 1.165) is 6.54 Å². The summed E-state index contributed by atoms with van der Waals surface area (Å²) >= 11 is 3.35. The molecule has 0 amide bonds. The normalized spacial score (nSPS) is 18.5. The standard InChI is InChI=1S/C4H7NS/c6-4-1-2-5-3-4/h1-2,5H,3,6H2. The molecule has 1 nitrogen and oxygen atoms in total. The summed E-state index contributed by atoms with van der Waals surface area (Å²) in [6, 6.07) is 0. The molecule has 6 heavy (non-hydrogen) atoms. The lowest BCUT2D eigenvalue weighted by molar-refractivity contribution is 0.993. The first kappa shape index (κ1) is 3.93. The molecule has 2 heteroatoms. The van der Waals surface area contributed by atoms with E-state index in [9.17, 15) is 0 Å². The maximum absolute atomic E-state index is 3.35. The Bertz CT molecular complexity index is 69.9. The van der Waals surface area contributed by atoms with Gasteiger partial charge in [-0.15, -0.1) is 6.20 Å². The number of rotatable bonds is 0. The lowest BCUT2D eigenvalue weighted by Gasteiger charge is -1.94. The van der Waals surface area contributed by atoms with Crippen LogP contribution in [0.5, 0.6) is 0 Å². The molecule has 0 aromatic heterocycles. The molecule has 1 N–H and O–H groups in total. The third kappa shape index (κ3) is 0.627. The van der Waals surface area contributed by atoms with Crippen LogP contribution in [0, 0.1) is 5.25 Å². The number of hydrogen-bond acceptors (Lipinski definition) is 1. The van der Waals surface area contributed by atoms with Crippen LogP contribution in [0.25, 0.3) is 0 Å². The van der Waals surface area contributed by atoms with Gasteiger partial charge in [-0.1, -0.05) is 12.6 Å². The van der Waals surface area contributed by atoms with Gasteiger partial charge in [0.2, 0.25) is 0 Å². The minimum atomic E-state index is 0.955. The predicted molar refractivity (Wildman–Crippen MR) is 30.5 cm³/mol. The molecule has 1 aliphatic rings. The lowest BCUT2D eigenvalue weighted by atomic mass is 10.5. The third-order valence-electron chi connectivity index (χ3n) is 0.695. The van der Waals surface area contributed by atoms with Crippen molar-refractivity contribution in [1.29, 1.82) is 0 Å². The molecule has 0 spiro atoms. The van der Waals surface area contributed by atoms with Crippen molar-refractivity contribution in [2.75, 3.05) is 6.54 Å². The van der Waals surface area contributed by atoms with Gasteiger partial charge < -0.3 is 5.32 Å². The second-order valence-electron chi connectivity index (χ2n) is 1.24. The molecule has 0 unspecified atom stereocenters. The van der Waals surface area contributed by atoms with E-state index in [0.29, 0.717) is 0 Å². The Morgan fingerprint density at radius 2 is 2.67 bits per heavy atom. The summed E-state index contributed by atoms with van der Waals surface area (Å²) in [5.41, 5.74) is 0. The van der Waals surface area contributed by atoms with Gasteiger partial charge in [0.1, 0.15) is 0 Å². The van der Waals surface area contributed by atoms with Crippen LogP contribution in [-0.4, -0.2) is 6.54 Å². The van der Waals surface area contributed by atoms with Crippen molar-refractivity contribution in [1.82, 2.24) is 5.32 Å². The Morgan fingerprint density at radius 3 is 2.83 bits per heavy atom. The molecule has 0 aromatic carbocycles. The van der Waals surface area contributed by atoms with Gasteiger partial charge in [-0.25, -0.2) is 0 Å². The fraction of sp³-hybridized carbons (Fsp3) is 0.250. The van der Waals surface area contributed by atoms with E-state index in [1.54, 1.807) is 0 Å². The molecule has 0 radical (unpaired) electrons. The maximum Gasteiger partial charge on any atom is 0.00425 e. The summed E-state index contributed by atoms with van der Waals surface area (Å²) in [4.78, 5) is 0. The Balaban J connectivity index is 2.38. The van der Waals surface area contributed by atoms with Gasteiger partial charge in [0.15, 0.2) is 0 Å². The van der Waals surface area contributed by atoms with Crippen LogP contribution in [0.3, 0.4) is 0 Å². The van der Waals surface area contributed by atoms with Crippen LogP contribution in [0.2, 0.25) is 0 Å². The largest absolute Gasteiger partial charge is 0.475 e. The Kier molecular flexibility index (Phi) is 0.965. The summed E-state index contributed by atoms with van der Waals surface area (Å²) < 4.78 is 0. The SMILES string of the molecule is [SH2+][C-]1C=CNC1. The number of nitrogens with one attached hydrogen (secondary N) is 1. The van der Waals surface area contributed by atoms with Crippen molar-refractivity contribution in [2.24, 2.45) is 0 Å². The number of hydrogen-bond donors (Lipinski definition) is 1. The monoisotopic (exact) mass is 101 g/mol. The van der Waals surface area contributed by atoms with Crippen molar-refractivity contribution < 1.29 is 0 Å². The van der Waals surface area contributed by atoms with Crippen LogP contribution >= 0.6 is 0 Å². The van der Waals surface area contributed by atoms with Crippen molar-refractivity contribution in [3.05, 3.63) is 17.5 Å². The molecule has 1 aliphatic heterocycles. The van der Waals surface area contributed by atoms with E-state index in [1.165, 1.54) is 5.25 Å². The summed E-state index contributed by atoms with van der Waals surface area (Å²) in [5, 5.41) is 4.22. The van der Waals surface area contributed by atoms with Crippen LogP contribution in [-0.2, 0) is 12.6 Å². The molecule has 0 saturated heterocycles. The fourth-order valence-corrected chi connectivity index (χ4v) is 0.573. The molecule has 1 heterocycles. The average Bonchev–Trinajstić information content (AvgIpc) is 1.86. The highest BCUT2D eigenvalue weighted by atomic mass is 32.1. The molecular formula is C4H7NS. The van der Waals surface area contributed by atoms with Crippen molar-refractivity contribution >= 4 is 12.6 Å². The van der Waals surface area contributed by atoms with Gasteiger partial charge in [0.25, 0.3) is 0 Å². The topological polar surface area (TPSA) is 12.0 Å². The molecular weight excluding hydrogens is 94.1 g/mol. The second kappa shape index (κ2) is 1.47. The van der Waals surface area contributed by atoms with Gasteiger partial charge >= 0.3 is 0 Å². The van der Waals surface area contributed by atoms with E-state index >= 15 is 0 Å². The molecule has 1 rings (SSSR count). The Labute approximate surface area is 42.8 Å². The molecule has 0 saturated carbocycles.